The van der Waals surface area contributed by atoms with Crippen molar-refractivity contribution in [3.63, 3.8) is 0 Å². The molecular weight excluding hydrogens is 424 g/mol. The van der Waals surface area contributed by atoms with Crippen LogP contribution in [0, 0.1) is 10.1 Å². The molecule has 4 rings (SSSR count). The number of aromatic hydroxyl groups is 1. The van der Waals surface area contributed by atoms with E-state index in [4.69, 9.17) is 16.3 Å². The fourth-order valence-electron chi connectivity index (χ4n) is 3.06. The lowest BCUT2D eigenvalue weighted by Gasteiger charge is -2.13. The number of fused-ring (bicyclic) bond motifs is 1. The molecule has 0 fully saturated rings. The number of nitro groups is 1. The second-order valence-electron chi connectivity index (χ2n) is 6.46. The molecule has 10 heteroatoms. The number of aliphatic imine (C=N–C) groups is 1. The Morgan fingerprint density at radius 3 is 2.81 bits per heavy atom. The van der Waals surface area contributed by atoms with Crippen LogP contribution < -0.4 is 9.84 Å². The third-order valence-corrected chi connectivity index (χ3v) is 4.89. The first-order valence-electron chi connectivity index (χ1n) is 8.92. The van der Waals surface area contributed by atoms with Crippen LogP contribution in [0.1, 0.15) is 5.56 Å². The van der Waals surface area contributed by atoms with E-state index in [1.165, 1.54) is 19.4 Å². The lowest BCUT2D eigenvalue weighted by molar-refractivity contribution is -0.385. The zero-order chi connectivity index (χ0) is 22.1. The normalized spacial score (nSPS) is 11.3. The van der Waals surface area contributed by atoms with Gasteiger partial charge in [-0.2, -0.15) is 0 Å². The Morgan fingerprint density at radius 2 is 2.06 bits per heavy atom. The molecule has 0 unspecified atom stereocenters. The van der Waals surface area contributed by atoms with Crippen LogP contribution in [0.25, 0.3) is 16.9 Å². The molecule has 0 aliphatic rings. The van der Waals surface area contributed by atoms with E-state index in [0.29, 0.717) is 22.7 Å². The number of pyridine rings is 1. The van der Waals surface area contributed by atoms with E-state index in [9.17, 15) is 20.3 Å². The minimum Gasteiger partial charge on any atom is -0.870 e. The Bertz CT molecular complexity index is 1350. The fraction of sp³-hybridized carbons (Fsp3) is 0.0476. The van der Waals surface area contributed by atoms with Crippen LogP contribution in [-0.4, -0.2) is 32.7 Å². The van der Waals surface area contributed by atoms with E-state index in [-0.39, 0.29) is 22.1 Å². The number of ether oxygens (including phenoxy) is 1. The summed E-state index contributed by atoms with van der Waals surface area (Å²) in [5, 5.41) is 32.8. The molecule has 0 radical (unpaired) electrons. The highest BCUT2D eigenvalue weighted by molar-refractivity contribution is 6.33. The summed E-state index contributed by atoms with van der Waals surface area (Å²) in [5.74, 6) is -0.208. The van der Waals surface area contributed by atoms with Crippen LogP contribution in [0.5, 0.6) is 17.2 Å². The Labute approximate surface area is 180 Å². The van der Waals surface area contributed by atoms with Crippen LogP contribution in [0.4, 0.5) is 11.5 Å². The minimum absolute atomic E-state index is 0.0968. The lowest BCUT2D eigenvalue weighted by atomic mass is 10.1. The summed E-state index contributed by atoms with van der Waals surface area (Å²) < 4.78 is 6.85. The molecule has 0 saturated heterocycles. The maximum atomic E-state index is 11.9. The van der Waals surface area contributed by atoms with Gasteiger partial charge in [-0.05, 0) is 18.2 Å². The standard InChI is InChI=1S/C21H15ClN4O5/c1-31-18-9-12(5-6-16(18)27)20-21(25-7-3-2-4-19(25)24-20)23-11-13-8-15(26(29)30)17(28)10-14(13)22/h2-11,27-28H,1H3/p-1/b23-11+. The number of halogens is 1. The number of phenolic OH excluding ortho intramolecular Hbond substituents is 1. The molecule has 0 aliphatic carbocycles. The number of hydrogen-bond donors (Lipinski definition) is 1. The number of rotatable bonds is 5. The first kappa shape index (κ1) is 20.2. The predicted molar refractivity (Wildman–Crippen MR) is 114 cm³/mol. The molecule has 2 aromatic heterocycles. The number of imidazole rings is 1. The van der Waals surface area contributed by atoms with Gasteiger partial charge in [-0.1, -0.05) is 35.5 Å². The average Bonchev–Trinajstić information content (AvgIpc) is 3.12. The fourth-order valence-corrected chi connectivity index (χ4v) is 3.26. The summed E-state index contributed by atoms with van der Waals surface area (Å²) >= 11 is 6.13. The van der Waals surface area contributed by atoms with E-state index in [0.717, 1.165) is 12.1 Å². The molecule has 4 aromatic rings. The molecule has 31 heavy (non-hydrogen) atoms. The number of hydrogen-bond acceptors (Lipinski definition) is 7. The molecular formula is C21H14ClN4O5-. The average molecular weight is 438 g/mol. The summed E-state index contributed by atoms with van der Waals surface area (Å²) in [7, 11) is 1.41. The van der Waals surface area contributed by atoms with E-state index < -0.39 is 16.4 Å². The molecule has 0 bridgehead atoms. The maximum Gasteiger partial charge on any atom is 0.311 e. The molecule has 0 saturated carbocycles. The first-order chi connectivity index (χ1) is 14.9. The van der Waals surface area contributed by atoms with Crippen LogP contribution >= 0.6 is 11.6 Å². The second kappa shape index (κ2) is 7.96. The third kappa shape index (κ3) is 3.74. The largest absolute Gasteiger partial charge is 0.870 e. The molecule has 1 N–H and O–H groups in total. The van der Waals surface area contributed by atoms with Crippen molar-refractivity contribution in [1.29, 1.82) is 0 Å². The van der Waals surface area contributed by atoms with Crippen molar-refractivity contribution in [2.75, 3.05) is 7.11 Å². The van der Waals surface area contributed by atoms with Crippen LogP contribution in [0.15, 0.2) is 59.7 Å². The zero-order valence-electron chi connectivity index (χ0n) is 16.0. The van der Waals surface area contributed by atoms with Gasteiger partial charge in [0, 0.05) is 35.7 Å². The van der Waals surface area contributed by atoms with Gasteiger partial charge >= 0.3 is 5.69 Å². The van der Waals surface area contributed by atoms with Gasteiger partial charge in [-0.3, -0.25) is 14.5 Å². The van der Waals surface area contributed by atoms with Gasteiger partial charge in [0.15, 0.2) is 11.6 Å². The Kier molecular flexibility index (Phi) is 5.18. The van der Waals surface area contributed by atoms with E-state index >= 15 is 0 Å². The number of aromatic nitrogens is 2. The number of phenols is 1. The van der Waals surface area contributed by atoms with Gasteiger partial charge in [0.2, 0.25) is 0 Å². The monoisotopic (exact) mass is 437 g/mol. The van der Waals surface area contributed by atoms with Crippen LogP contribution in [0.2, 0.25) is 5.02 Å². The van der Waals surface area contributed by atoms with Crippen molar-refractivity contribution in [3.8, 4) is 28.5 Å². The highest BCUT2D eigenvalue weighted by Gasteiger charge is 2.17. The van der Waals surface area contributed by atoms with E-state index in [2.05, 4.69) is 9.98 Å². The van der Waals surface area contributed by atoms with Crippen LogP contribution in [-0.2, 0) is 0 Å². The molecule has 9 nitrogen and oxygen atoms in total. The highest BCUT2D eigenvalue weighted by atomic mass is 35.5. The Morgan fingerprint density at radius 1 is 1.26 bits per heavy atom. The van der Waals surface area contributed by atoms with Crippen molar-refractivity contribution < 1.29 is 19.9 Å². The van der Waals surface area contributed by atoms with Gasteiger partial charge in [0.1, 0.15) is 17.1 Å². The maximum absolute atomic E-state index is 11.9. The van der Waals surface area contributed by atoms with Gasteiger partial charge in [0.25, 0.3) is 0 Å². The van der Waals surface area contributed by atoms with E-state index in [1.807, 2.05) is 6.07 Å². The highest BCUT2D eigenvalue weighted by Crippen LogP contribution is 2.36. The quantitative estimate of drug-likeness (QED) is 0.284. The number of nitrogens with zero attached hydrogens (tertiary/aromatic N) is 4. The number of methoxy groups -OCH3 is 1. The summed E-state index contributed by atoms with van der Waals surface area (Å²) in [6.45, 7) is 0. The van der Waals surface area contributed by atoms with Crippen molar-refractivity contribution >= 4 is 35.0 Å². The molecule has 2 aromatic carbocycles. The molecule has 0 spiro atoms. The third-order valence-electron chi connectivity index (χ3n) is 4.56. The number of nitro benzene ring substituents is 1. The summed E-state index contributed by atoms with van der Waals surface area (Å²) in [5.41, 5.74) is 1.45. The van der Waals surface area contributed by atoms with Gasteiger partial charge in [0.05, 0.1) is 17.1 Å². The first-order valence-corrected chi connectivity index (χ1v) is 9.30. The zero-order valence-corrected chi connectivity index (χ0v) is 16.8. The van der Waals surface area contributed by atoms with Crippen molar-refractivity contribution in [2.45, 2.75) is 0 Å². The summed E-state index contributed by atoms with van der Waals surface area (Å²) in [6, 6.07) is 12.2. The topological polar surface area (TPSA) is 125 Å². The van der Waals surface area contributed by atoms with E-state index in [1.54, 1.807) is 34.9 Å². The molecule has 0 aliphatic heterocycles. The SMILES string of the molecule is COc1cc(-c2nc3ccccn3c2/N=C/c2cc([N+](=O)[O-])c(O)cc2Cl)ccc1[O-]. The molecule has 2 heterocycles. The molecule has 0 amide bonds. The smallest absolute Gasteiger partial charge is 0.311 e. The Balaban J connectivity index is 1.88. The van der Waals surface area contributed by atoms with Gasteiger partial charge in [-0.25, -0.2) is 9.98 Å². The van der Waals surface area contributed by atoms with Gasteiger partial charge < -0.3 is 14.9 Å². The predicted octanol–water partition coefficient (Wildman–Crippen LogP) is 4.10. The summed E-state index contributed by atoms with van der Waals surface area (Å²) in [4.78, 5) is 19.5. The Hall–Kier alpha value is -4.11. The lowest BCUT2D eigenvalue weighted by Crippen LogP contribution is -1.95. The molecule has 156 valence electrons. The minimum atomic E-state index is -0.709. The van der Waals surface area contributed by atoms with Crippen molar-refractivity contribution in [3.05, 3.63) is 75.4 Å². The summed E-state index contributed by atoms with van der Waals surface area (Å²) in [6.07, 6.45) is 3.12. The van der Waals surface area contributed by atoms with Gasteiger partial charge in [-0.15, -0.1) is 0 Å². The van der Waals surface area contributed by atoms with Crippen molar-refractivity contribution in [1.82, 2.24) is 9.38 Å². The second-order valence-corrected chi connectivity index (χ2v) is 6.86. The van der Waals surface area contributed by atoms with Crippen LogP contribution in [0.3, 0.4) is 0 Å². The number of benzene rings is 2. The molecule has 0 atom stereocenters. The van der Waals surface area contributed by atoms with Crippen molar-refractivity contribution in [2.24, 2.45) is 4.99 Å².